The molecule has 26 heavy (non-hydrogen) atoms. The van der Waals surface area contributed by atoms with Crippen LogP contribution in [0, 0.1) is 0 Å². The van der Waals surface area contributed by atoms with Crippen LogP contribution in [0.15, 0.2) is 54.7 Å². The molecular formula is C21H23ClN2O2. The number of ether oxygens (including phenoxy) is 1. The van der Waals surface area contributed by atoms with Gasteiger partial charge in [-0.2, -0.15) is 0 Å². The fraction of sp³-hybridized carbons (Fsp3) is 0.333. The average molecular weight is 371 g/mol. The van der Waals surface area contributed by atoms with Gasteiger partial charge in [0.2, 0.25) is 0 Å². The number of β-amino-alcohol motifs (C(OH)–C–C–N with tert-alkyl or cyclic N) is 1. The van der Waals surface area contributed by atoms with Crippen LogP contribution in [-0.2, 0) is 6.54 Å². The van der Waals surface area contributed by atoms with Crippen LogP contribution < -0.4 is 4.74 Å². The number of aliphatic hydroxyl groups is 1. The summed E-state index contributed by atoms with van der Waals surface area (Å²) in [5.41, 5.74) is 1.58. The standard InChI is InChI=1S/C21H23ClN2O2/c22-18-3-1-4-19(12-18)26-15-21(25)8-2-10-24(14-21)13-16-5-6-20-17(11-16)7-9-23-20/h1,3-7,9,11-12,23,25H,2,8,10,13-15H2/t21-/m0/s1. The van der Waals surface area contributed by atoms with E-state index >= 15 is 0 Å². The van der Waals surface area contributed by atoms with Crippen LogP contribution in [0.1, 0.15) is 18.4 Å². The van der Waals surface area contributed by atoms with Crippen molar-refractivity contribution < 1.29 is 9.84 Å². The maximum atomic E-state index is 11.0. The van der Waals surface area contributed by atoms with Gasteiger partial charge in [-0.25, -0.2) is 0 Å². The molecule has 1 aliphatic rings. The van der Waals surface area contributed by atoms with Crippen molar-refractivity contribution in [2.45, 2.75) is 25.0 Å². The molecule has 0 radical (unpaired) electrons. The summed E-state index contributed by atoms with van der Waals surface area (Å²) >= 11 is 5.99. The van der Waals surface area contributed by atoms with Gasteiger partial charge in [0.1, 0.15) is 18.0 Å². The van der Waals surface area contributed by atoms with Crippen molar-refractivity contribution in [2.24, 2.45) is 0 Å². The molecule has 1 saturated heterocycles. The molecule has 4 rings (SSSR count). The van der Waals surface area contributed by atoms with E-state index < -0.39 is 5.60 Å². The van der Waals surface area contributed by atoms with E-state index in [1.165, 1.54) is 10.9 Å². The van der Waals surface area contributed by atoms with E-state index in [-0.39, 0.29) is 6.61 Å². The summed E-state index contributed by atoms with van der Waals surface area (Å²) in [5, 5.41) is 12.8. The summed E-state index contributed by atoms with van der Waals surface area (Å²) in [6.45, 7) is 2.71. The van der Waals surface area contributed by atoms with E-state index in [0.717, 1.165) is 31.4 Å². The van der Waals surface area contributed by atoms with E-state index in [9.17, 15) is 5.11 Å². The van der Waals surface area contributed by atoms with Crippen molar-refractivity contribution in [1.82, 2.24) is 9.88 Å². The maximum Gasteiger partial charge on any atom is 0.120 e. The van der Waals surface area contributed by atoms with Gasteiger partial charge in [-0.3, -0.25) is 4.90 Å². The monoisotopic (exact) mass is 370 g/mol. The third-order valence-corrected chi connectivity index (χ3v) is 5.20. The first-order chi connectivity index (χ1) is 12.6. The number of benzene rings is 2. The van der Waals surface area contributed by atoms with Crippen molar-refractivity contribution in [2.75, 3.05) is 19.7 Å². The number of H-pyrrole nitrogens is 1. The SMILES string of the molecule is O[C@@]1(COc2cccc(Cl)c2)CCCN(Cc2ccc3[nH]ccc3c2)C1. The van der Waals surface area contributed by atoms with Gasteiger partial charge in [0.15, 0.2) is 0 Å². The van der Waals surface area contributed by atoms with Crippen LogP contribution in [0.4, 0.5) is 0 Å². The predicted octanol–water partition coefficient (Wildman–Crippen LogP) is 4.23. The molecule has 4 nitrogen and oxygen atoms in total. The first-order valence-electron chi connectivity index (χ1n) is 8.99. The fourth-order valence-electron chi connectivity index (χ4n) is 3.69. The number of piperidine rings is 1. The van der Waals surface area contributed by atoms with E-state index in [4.69, 9.17) is 16.3 Å². The molecule has 0 aliphatic carbocycles. The Balaban J connectivity index is 1.39. The highest BCUT2D eigenvalue weighted by Gasteiger charge is 2.34. The lowest BCUT2D eigenvalue weighted by atomic mass is 9.93. The topological polar surface area (TPSA) is 48.5 Å². The third kappa shape index (κ3) is 4.04. The van der Waals surface area contributed by atoms with Gasteiger partial charge >= 0.3 is 0 Å². The van der Waals surface area contributed by atoms with Crippen molar-refractivity contribution in [3.05, 3.63) is 65.3 Å². The predicted molar refractivity (Wildman–Crippen MR) is 105 cm³/mol. The smallest absolute Gasteiger partial charge is 0.120 e. The van der Waals surface area contributed by atoms with Crippen LogP contribution in [0.5, 0.6) is 5.75 Å². The summed E-state index contributed by atoms with van der Waals surface area (Å²) in [6, 6.07) is 15.9. The highest BCUT2D eigenvalue weighted by atomic mass is 35.5. The van der Waals surface area contributed by atoms with Crippen LogP contribution in [0.25, 0.3) is 10.9 Å². The highest BCUT2D eigenvalue weighted by molar-refractivity contribution is 6.30. The zero-order chi connectivity index (χ0) is 18.0. The van der Waals surface area contributed by atoms with Gasteiger partial charge in [0.05, 0.1) is 0 Å². The van der Waals surface area contributed by atoms with Gasteiger partial charge in [0, 0.05) is 29.8 Å². The molecule has 3 aromatic rings. The lowest BCUT2D eigenvalue weighted by molar-refractivity contribution is -0.0621. The number of aromatic amines is 1. The summed E-state index contributed by atoms with van der Waals surface area (Å²) in [7, 11) is 0. The summed E-state index contributed by atoms with van der Waals surface area (Å²) in [4.78, 5) is 5.52. The molecule has 1 fully saturated rings. The second kappa shape index (κ2) is 7.31. The van der Waals surface area contributed by atoms with Crippen LogP contribution in [0.2, 0.25) is 5.02 Å². The first kappa shape index (κ1) is 17.4. The largest absolute Gasteiger partial charge is 0.490 e. The molecule has 1 aliphatic heterocycles. The molecule has 2 N–H and O–H groups in total. The Kier molecular flexibility index (Phi) is 4.90. The first-order valence-corrected chi connectivity index (χ1v) is 9.37. The van der Waals surface area contributed by atoms with E-state index in [0.29, 0.717) is 17.3 Å². The molecule has 1 atom stereocenters. The maximum absolute atomic E-state index is 11.0. The van der Waals surface area contributed by atoms with Crippen LogP contribution in [0.3, 0.4) is 0 Å². The van der Waals surface area contributed by atoms with Gasteiger partial charge < -0.3 is 14.8 Å². The Morgan fingerprint density at radius 2 is 2.12 bits per heavy atom. The van der Waals surface area contributed by atoms with Crippen molar-refractivity contribution in [3.63, 3.8) is 0 Å². The molecule has 0 unspecified atom stereocenters. The van der Waals surface area contributed by atoms with Gasteiger partial charge in [0.25, 0.3) is 0 Å². The van der Waals surface area contributed by atoms with Gasteiger partial charge in [-0.1, -0.05) is 23.7 Å². The number of fused-ring (bicyclic) bond motifs is 1. The Bertz CT molecular complexity index is 894. The lowest BCUT2D eigenvalue weighted by Crippen LogP contribution is -2.51. The van der Waals surface area contributed by atoms with Crippen molar-refractivity contribution in [1.29, 1.82) is 0 Å². The number of hydrogen-bond acceptors (Lipinski definition) is 3. The number of likely N-dealkylation sites (tertiary alicyclic amines) is 1. The average Bonchev–Trinajstić information content (AvgIpc) is 3.08. The zero-order valence-electron chi connectivity index (χ0n) is 14.6. The number of halogens is 1. The van der Waals surface area contributed by atoms with E-state index in [1.807, 2.05) is 24.4 Å². The fourth-order valence-corrected chi connectivity index (χ4v) is 3.87. The Morgan fingerprint density at radius 1 is 1.19 bits per heavy atom. The highest BCUT2D eigenvalue weighted by Crippen LogP contribution is 2.26. The molecule has 136 valence electrons. The Labute approximate surface area is 158 Å². The normalized spacial score (nSPS) is 21.2. The van der Waals surface area contributed by atoms with Crippen molar-refractivity contribution in [3.8, 4) is 5.75 Å². The van der Waals surface area contributed by atoms with Crippen molar-refractivity contribution >= 4 is 22.5 Å². The molecule has 2 aromatic carbocycles. The Morgan fingerprint density at radius 3 is 3.00 bits per heavy atom. The molecular weight excluding hydrogens is 348 g/mol. The Hall–Kier alpha value is -2.01. The van der Waals surface area contributed by atoms with Crippen LogP contribution in [-0.4, -0.2) is 40.3 Å². The van der Waals surface area contributed by atoms with E-state index in [2.05, 4.69) is 34.1 Å². The third-order valence-electron chi connectivity index (χ3n) is 4.96. The number of nitrogens with one attached hydrogen (secondary N) is 1. The lowest BCUT2D eigenvalue weighted by Gasteiger charge is -2.39. The molecule has 2 heterocycles. The minimum Gasteiger partial charge on any atom is -0.490 e. The second-order valence-electron chi connectivity index (χ2n) is 7.18. The summed E-state index contributed by atoms with van der Waals surface area (Å²) in [5.74, 6) is 0.695. The second-order valence-corrected chi connectivity index (χ2v) is 7.62. The summed E-state index contributed by atoms with van der Waals surface area (Å²) < 4.78 is 5.81. The number of rotatable bonds is 5. The molecule has 1 aromatic heterocycles. The molecule has 0 bridgehead atoms. The number of nitrogens with zero attached hydrogens (tertiary/aromatic N) is 1. The van der Waals surface area contributed by atoms with Crippen LogP contribution >= 0.6 is 11.6 Å². The van der Waals surface area contributed by atoms with Gasteiger partial charge in [-0.15, -0.1) is 0 Å². The molecule has 5 heteroatoms. The van der Waals surface area contributed by atoms with E-state index in [1.54, 1.807) is 6.07 Å². The van der Waals surface area contributed by atoms with Gasteiger partial charge in [-0.05, 0) is 66.7 Å². The molecule has 0 saturated carbocycles. The molecule has 0 amide bonds. The number of aromatic nitrogens is 1. The number of hydrogen-bond donors (Lipinski definition) is 2. The summed E-state index contributed by atoms with van der Waals surface area (Å²) in [6.07, 6.45) is 3.67. The molecule has 0 spiro atoms. The quantitative estimate of drug-likeness (QED) is 0.706. The minimum absolute atomic E-state index is 0.278. The minimum atomic E-state index is -0.835. The zero-order valence-corrected chi connectivity index (χ0v) is 15.4.